The molecular formula is C18H26N2O. The first-order valence-corrected chi connectivity index (χ1v) is 8.32. The zero-order valence-corrected chi connectivity index (χ0v) is 13.0. The number of rotatable bonds is 2. The van der Waals surface area contributed by atoms with Crippen molar-refractivity contribution in [2.45, 2.75) is 39.0 Å². The Bertz CT molecular complexity index is 479. The van der Waals surface area contributed by atoms with Gasteiger partial charge in [-0.25, -0.2) is 0 Å². The van der Waals surface area contributed by atoms with Crippen molar-refractivity contribution >= 4 is 5.91 Å². The van der Waals surface area contributed by atoms with Gasteiger partial charge in [0.05, 0.1) is 5.41 Å². The smallest absolute Gasteiger partial charge is 0.228 e. The van der Waals surface area contributed by atoms with Gasteiger partial charge in [0.15, 0.2) is 0 Å². The third kappa shape index (κ3) is 2.84. The molecule has 2 aliphatic rings. The molecule has 0 aromatic heterocycles. The zero-order chi connectivity index (χ0) is 14.7. The molecule has 0 saturated carbocycles. The van der Waals surface area contributed by atoms with Crippen molar-refractivity contribution in [1.29, 1.82) is 0 Å². The minimum absolute atomic E-state index is 0.109. The van der Waals surface area contributed by atoms with Crippen LogP contribution in [0, 0.1) is 5.41 Å². The van der Waals surface area contributed by atoms with Crippen LogP contribution in [0.4, 0.5) is 0 Å². The molecule has 114 valence electrons. The molecule has 0 bridgehead atoms. The molecular weight excluding hydrogens is 260 g/mol. The fraction of sp³-hybridized carbons (Fsp3) is 0.611. The molecule has 2 aliphatic heterocycles. The molecule has 2 heterocycles. The Labute approximate surface area is 127 Å². The van der Waals surface area contributed by atoms with Gasteiger partial charge >= 0.3 is 0 Å². The quantitative estimate of drug-likeness (QED) is 0.905. The van der Waals surface area contributed by atoms with Crippen LogP contribution in [0.3, 0.4) is 0 Å². The van der Waals surface area contributed by atoms with Crippen molar-refractivity contribution < 1.29 is 4.79 Å². The van der Waals surface area contributed by atoms with Crippen LogP contribution < -0.4 is 5.32 Å². The van der Waals surface area contributed by atoms with Gasteiger partial charge < -0.3 is 10.2 Å². The van der Waals surface area contributed by atoms with Crippen LogP contribution in [-0.2, 0) is 17.6 Å². The highest BCUT2D eigenvalue weighted by molar-refractivity contribution is 5.83. The standard InChI is InChI=1S/C18H26N2O/c1-2-18(9-11-19-12-10-18)17(21)20-13-7-15-5-3-4-6-16(15)8-14-20/h3-6,19H,2,7-14H2,1H3. The summed E-state index contributed by atoms with van der Waals surface area (Å²) in [5.74, 6) is 0.402. The van der Waals surface area contributed by atoms with Crippen molar-refractivity contribution in [2.75, 3.05) is 26.2 Å². The molecule has 3 heteroatoms. The average molecular weight is 286 g/mol. The Morgan fingerprint density at radius 1 is 1.14 bits per heavy atom. The van der Waals surface area contributed by atoms with E-state index in [0.717, 1.165) is 58.3 Å². The normalized spacial score (nSPS) is 21.5. The van der Waals surface area contributed by atoms with Gasteiger partial charge in [0.2, 0.25) is 5.91 Å². The topological polar surface area (TPSA) is 32.3 Å². The number of amides is 1. The van der Waals surface area contributed by atoms with Crippen LogP contribution in [0.5, 0.6) is 0 Å². The number of hydrogen-bond donors (Lipinski definition) is 1. The lowest BCUT2D eigenvalue weighted by Crippen LogP contribution is -2.49. The number of fused-ring (bicyclic) bond motifs is 1. The van der Waals surface area contributed by atoms with E-state index in [-0.39, 0.29) is 5.41 Å². The number of carbonyl (C=O) groups excluding carboxylic acids is 1. The summed E-state index contributed by atoms with van der Waals surface area (Å²) in [5.41, 5.74) is 2.73. The molecule has 0 unspecified atom stereocenters. The fourth-order valence-electron chi connectivity index (χ4n) is 3.83. The second-order valence-electron chi connectivity index (χ2n) is 6.44. The van der Waals surface area contributed by atoms with E-state index in [1.807, 2.05) is 0 Å². The summed E-state index contributed by atoms with van der Waals surface area (Å²) in [4.78, 5) is 15.2. The second-order valence-corrected chi connectivity index (χ2v) is 6.44. The molecule has 1 N–H and O–H groups in total. The molecule has 0 radical (unpaired) electrons. The van der Waals surface area contributed by atoms with E-state index in [9.17, 15) is 4.79 Å². The van der Waals surface area contributed by atoms with Gasteiger partial charge in [0.1, 0.15) is 0 Å². The molecule has 0 spiro atoms. The summed E-state index contributed by atoms with van der Waals surface area (Å²) in [6, 6.07) is 8.64. The summed E-state index contributed by atoms with van der Waals surface area (Å²) in [7, 11) is 0. The Morgan fingerprint density at radius 3 is 2.24 bits per heavy atom. The highest BCUT2D eigenvalue weighted by atomic mass is 16.2. The highest BCUT2D eigenvalue weighted by Gasteiger charge is 2.40. The highest BCUT2D eigenvalue weighted by Crippen LogP contribution is 2.35. The maximum Gasteiger partial charge on any atom is 0.228 e. The fourth-order valence-corrected chi connectivity index (χ4v) is 3.83. The van der Waals surface area contributed by atoms with Crippen molar-refractivity contribution in [2.24, 2.45) is 5.41 Å². The maximum atomic E-state index is 13.1. The monoisotopic (exact) mass is 286 g/mol. The van der Waals surface area contributed by atoms with Crippen molar-refractivity contribution in [3.8, 4) is 0 Å². The van der Waals surface area contributed by atoms with Gasteiger partial charge in [-0.3, -0.25) is 4.79 Å². The summed E-state index contributed by atoms with van der Waals surface area (Å²) >= 11 is 0. The molecule has 0 aliphatic carbocycles. The minimum Gasteiger partial charge on any atom is -0.342 e. The van der Waals surface area contributed by atoms with Crippen LogP contribution in [0.2, 0.25) is 0 Å². The first-order valence-electron chi connectivity index (χ1n) is 8.32. The zero-order valence-electron chi connectivity index (χ0n) is 13.0. The molecule has 1 fully saturated rings. The molecule has 3 rings (SSSR count). The Morgan fingerprint density at radius 2 is 1.71 bits per heavy atom. The van der Waals surface area contributed by atoms with E-state index < -0.39 is 0 Å². The van der Waals surface area contributed by atoms with Crippen LogP contribution >= 0.6 is 0 Å². The van der Waals surface area contributed by atoms with E-state index in [1.54, 1.807) is 0 Å². The minimum atomic E-state index is -0.109. The van der Waals surface area contributed by atoms with Gasteiger partial charge in [-0.1, -0.05) is 31.2 Å². The molecule has 0 atom stereocenters. The average Bonchev–Trinajstić information content (AvgIpc) is 2.77. The molecule has 1 saturated heterocycles. The second kappa shape index (κ2) is 6.18. The van der Waals surface area contributed by atoms with Gasteiger partial charge in [-0.2, -0.15) is 0 Å². The first-order chi connectivity index (χ1) is 10.2. The van der Waals surface area contributed by atoms with Crippen molar-refractivity contribution in [1.82, 2.24) is 10.2 Å². The lowest BCUT2D eigenvalue weighted by atomic mass is 9.75. The number of benzene rings is 1. The first kappa shape index (κ1) is 14.6. The number of piperidine rings is 1. The van der Waals surface area contributed by atoms with E-state index in [2.05, 4.69) is 41.4 Å². The Balaban J connectivity index is 1.74. The van der Waals surface area contributed by atoms with Crippen LogP contribution in [0.15, 0.2) is 24.3 Å². The predicted octanol–water partition coefficient (Wildman–Crippen LogP) is 2.39. The number of nitrogens with one attached hydrogen (secondary N) is 1. The molecule has 1 amide bonds. The van der Waals surface area contributed by atoms with E-state index in [1.165, 1.54) is 11.1 Å². The van der Waals surface area contributed by atoms with Gasteiger partial charge in [0, 0.05) is 13.1 Å². The van der Waals surface area contributed by atoms with Crippen molar-refractivity contribution in [3.05, 3.63) is 35.4 Å². The SMILES string of the molecule is CCC1(C(=O)N2CCc3ccccc3CC2)CCNCC1. The van der Waals surface area contributed by atoms with Gasteiger partial charge in [-0.05, 0) is 56.3 Å². The Hall–Kier alpha value is -1.35. The summed E-state index contributed by atoms with van der Waals surface area (Å²) in [6.07, 6.45) is 4.95. The van der Waals surface area contributed by atoms with E-state index in [4.69, 9.17) is 0 Å². The Kier molecular flexibility index (Phi) is 4.29. The number of hydrogen-bond acceptors (Lipinski definition) is 2. The molecule has 21 heavy (non-hydrogen) atoms. The van der Waals surface area contributed by atoms with Crippen LogP contribution in [0.25, 0.3) is 0 Å². The van der Waals surface area contributed by atoms with Crippen molar-refractivity contribution in [3.63, 3.8) is 0 Å². The summed E-state index contributed by atoms with van der Waals surface area (Å²) in [5, 5.41) is 3.39. The summed E-state index contributed by atoms with van der Waals surface area (Å²) < 4.78 is 0. The molecule has 1 aromatic carbocycles. The van der Waals surface area contributed by atoms with E-state index in [0.29, 0.717) is 5.91 Å². The third-order valence-corrected chi connectivity index (χ3v) is 5.40. The largest absolute Gasteiger partial charge is 0.342 e. The van der Waals surface area contributed by atoms with E-state index >= 15 is 0 Å². The maximum absolute atomic E-state index is 13.1. The molecule has 3 nitrogen and oxygen atoms in total. The number of nitrogens with zero attached hydrogens (tertiary/aromatic N) is 1. The lowest BCUT2D eigenvalue weighted by molar-refractivity contribution is -0.144. The van der Waals surface area contributed by atoms with Gasteiger partial charge in [-0.15, -0.1) is 0 Å². The number of carbonyl (C=O) groups is 1. The van der Waals surface area contributed by atoms with Crippen LogP contribution in [-0.4, -0.2) is 37.0 Å². The van der Waals surface area contributed by atoms with Crippen LogP contribution in [0.1, 0.15) is 37.3 Å². The molecule has 1 aromatic rings. The third-order valence-electron chi connectivity index (χ3n) is 5.40. The van der Waals surface area contributed by atoms with Gasteiger partial charge in [0.25, 0.3) is 0 Å². The summed E-state index contributed by atoms with van der Waals surface area (Å²) in [6.45, 7) is 5.90. The lowest BCUT2D eigenvalue weighted by Gasteiger charge is -2.39. The predicted molar refractivity (Wildman–Crippen MR) is 85.3 cm³/mol.